The Morgan fingerprint density at radius 1 is 1.37 bits per heavy atom. The number of aryl methyl sites for hydroxylation is 1. The minimum atomic E-state index is -1.12. The largest absolute Gasteiger partial charge is 0.479 e. The average Bonchev–Trinajstić information content (AvgIpc) is 2.69. The summed E-state index contributed by atoms with van der Waals surface area (Å²) in [7, 11) is 0. The monoisotopic (exact) mass is 555 g/mol. The number of aromatic nitrogens is 2. The maximum Gasteiger partial charge on any atom is 0.344 e. The van der Waals surface area contributed by atoms with Crippen LogP contribution in [0.15, 0.2) is 49.2 Å². The van der Waals surface area contributed by atoms with Gasteiger partial charge in [0.15, 0.2) is 6.10 Å². The fraction of sp³-hybridized carbons (Fsp3) is 0.200. The summed E-state index contributed by atoms with van der Waals surface area (Å²) in [6.45, 7) is 3.28. The highest BCUT2D eigenvalue weighted by molar-refractivity contribution is 9.10. The molecular formula is C20H16Br2ClN3O4. The molecule has 0 saturated carbocycles. The van der Waals surface area contributed by atoms with Crippen molar-refractivity contribution in [2.75, 3.05) is 0 Å². The van der Waals surface area contributed by atoms with Crippen molar-refractivity contribution in [2.45, 2.75) is 26.4 Å². The lowest BCUT2D eigenvalue weighted by Crippen LogP contribution is -2.24. The van der Waals surface area contributed by atoms with Crippen LogP contribution in [0.25, 0.3) is 10.9 Å². The van der Waals surface area contributed by atoms with Gasteiger partial charge in [-0.2, -0.15) is 9.78 Å². The summed E-state index contributed by atoms with van der Waals surface area (Å²) in [5.74, 6) is -0.386. The predicted molar refractivity (Wildman–Crippen MR) is 123 cm³/mol. The van der Waals surface area contributed by atoms with Gasteiger partial charge < -0.3 is 9.84 Å². The Hall–Kier alpha value is -2.23. The highest BCUT2D eigenvalue weighted by Gasteiger charge is 2.18. The second kappa shape index (κ2) is 9.28. The molecule has 1 aromatic heterocycles. The third kappa shape index (κ3) is 4.74. The molecule has 0 aliphatic heterocycles. The van der Waals surface area contributed by atoms with Crippen LogP contribution in [0.3, 0.4) is 0 Å². The number of nitrogens with zero attached hydrogens (tertiary/aromatic N) is 3. The minimum Gasteiger partial charge on any atom is -0.479 e. The summed E-state index contributed by atoms with van der Waals surface area (Å²) >= 11 is 12.8. The molecule has 0 spiro atoms. The number of rotatable bonds is 6. The van der Waals surface area contributed by atoms with Crippen LogP contribution >= 0.6 is 43.5 Å². The highest BCUT2D eigenvalue weighted by Crippen LogP contribution is 2.32. The minimum absolute atomic E-state index is 0.251. The molecule has 0 saturated heterocycles. The van der Waals surface area contributed by atoms with Crippen molar-refractivity contribution >= 4 is 66.5 Å². The third-order valence-electron chi connectivity index (χ3n) is 4.18. The summed E-state index contributed by atoms with van der Waals surface area (Å²) in [5.41, 5.74) is 0.666. The fourth-order valence-corrected chi connectivity index (χ4v) is 3.98. The molecule has 3 rings (SSSR count). The SMILES string of the molecule is CCc1nc2ccc(Br)cc2c(=O)n1N=Cc1cc(Cl)cc(Br)c1O[C@@H](C)C(=O)O. The maximum absolute atomic E-state index is 13.0. The van der Waals surface area contributed by atoms with Gasteiger partial charge >= 0.3 is 5.97 Å². The molecule has 0 amide bonds. The van der Waals surface area contributed by atoms with Crippen LogP contribution in [0.4, 0.5) is 0 Å². The van der Waals surface area contributed by atoms with Crippen molar-refractivity contribution in [1.29, 1.82) is 0 Å². The van der Waals surface area contributed by atoms with Crippen LogP contribution in [-0.2, 0) is 11.2 Å². The van der Waals surface area contributed by atoms with Gasteiger partial charge in [0.2, 0.25) is 0 Å². The van der Waals surface area contributed by atoms with Gasteiger partial charge in [-0.15, -0.1) is 0 Å². The topological polar surface area (TPSA) is 93.8 Å². The first-order valence-electron chi connectivity index (χ1n) is 8.85. The Labute approximate surface area is 193 Å². The lowest BCUT2D eigenvalue weighted by atomic mass is 10.2. The molecule has 1 N–H and O–H groups in total. The molecule has 156 valence electrons. The second-order valence-corrected chi connectivity index (χ2v) is 8.52. The molecular weight excluding hydrogens is 541 g/mol. The molecule has 30 heavy (non-hydrogen) atoms. The highest BCUT2D eigenvalue weighted by atomic mass is 79.9. The zero-order valence-electron chi connectivity index (χ0n) is 15.9. The average molecular weight is 558 g/mol. The summed E-state index contributed by atoms with van der Waals surface area (Å²) in [6.07, 6.45) is 0.785. The molecule has 0 bridgehead atoms. The van der Waals surface area contributed by atoms with Gasteiger partial charge in [0.1, 0.15) is 11.6 Å². The van der Waals surface area contributed by atoms with E-state index in [1.54, 1.807) is 24.3 Å². The number of carbonyl (C=O) groups is 1. The summed E-state index contributed by atoms with van der Waals surface area (Å²) in [6, 6.07) is 8.43. The first-order valence-corrected chi connectivity index (χ1v) is 10.8. The Balaban J connectivity index is 2.14. The van der Waals surface area contributed by atoms with Gasteiger partial charge in [-0.1, -0.05) is 34.5 Å². The van der Waals surface area contributed by atoms with Gasteiger partial charge in [0.05, 0.1) is 21.6 Å². The molecule has 2 aromatic carbocycles. The molecule has 1 atom stereocenters. The van der Waals surface area contributed by atoms with E-state index < -0.39 is 12.1 Å². The number of hydrogen-bond donors (Lipinski definition) is 1. The third-order valence-corrected chi connectivity index (χ3v) is 5.48. The maximum atomic E-state index is 13.0. The number of ether oxygens (including phenoxy) is 1. The van der Waals surface area contributed by atoms with E-state index in [0.717, 1.165) is 4.47 Å². The van der Waals surface area contributed by atoms with Crippen LogP contribution in [0, 0.1) is 0 Å². The van der Waals surface area contributed by atoms with Crippen molar-refractivity contribution in [3.8, 4) is 5.75 Å². The first-order chi connectivity index (χ1) is 14.2. The molecule has 1 heterocycles. The lowest BCUT2D eigenvalue weighted by molar-refractivity contribution is -0.144. The van der Waals surface area contributed by atoms with Gasteiger partial charge in [-0.3, -0.25) is 4.79 Å². The van der Waals surface area contributed by atoms with Gasteiger partial charge in [-0.25, -0.2) is 9.78 Å². The molecule has 0 radical (unpaired) electrons. The van der Waals surface area contributed by atoms with Crippen LogP contribution in [0.5, 0.6) is 5.75 Å². The Morgan fingerprint density at radius 2 is 2.10 bits per heavy atom. The lowest BCUT2D eigenvalue weighted by Gasteiger charge is -2.15. The fourth-order valence-electron chi connectivity index (χ4n) is 2.69. The quantitative estimate of drug-likeness (QED) is 0.437. The number of hydrogen-bond acceptors (Lipinski definition) is 5. The smallest absolute Gasteiger partial charge is 0.344 e. The van der Waals surface area contributed by atoms with Crippen LogP contribution in [0.2, 0.25) is 5.02 Å². The van der Waals surface area contributed by atoms with E-state index in [9.17, 15) is 9.59 Å². The van der Waals surface area contributed by atoms with E-state index >= 15 is 0 Å². The van der Waals surface area contributed by atoms with Crippen molar-refractivity contribution in [2.24, 2.45) is 5.10 Å². The molecule has 0 aliphatic rings. The Kier molecular flexibility index (Phi) is 6.95. The first kappa shape index (κ1) is 22.5. The van der Waals surface area contributed by atoms with Gasteiger partial charge in [0.25, 0.3) is 5.56 Å². The van der Waals surface area contributed by atoms with Crippen molar-refractivity contribution in [3.63, 3.8) is 0 Å². The van der Waals surface area contributed by atoms with Crippen LogP contribution in [-0.4, -0.2) is 33.1 Å². The standard InChI is InChI=1S/C20H16Br2ClN3O4/c1-3-17-25-16-5-4-12(21)7-14(16)19(27)26(17)24-9-11-6-13(23)8-15(22)18(11)30-10(2)20(28)29/h4-10H,3H2,1-2H3,(H,28,29)/t10-/m0/s1. The summed E-state index contributed by atoms with van der Waals surface area (Å²) in [4.78, 5) is 28.7. The molecule has 3 aromatic rings. The van der Waals surface area contributed by atoms with Crippen LogP contribution < -0.4 is 10.3 Å². The number of carboxylic acid groups (broad SMARTS) is 1. The van der Waals surface area contributed by atoms with E-state index in [-0.39, 0.29) is 11.3 Å². The van der Waals surface area contributed by atoms with Gasteiger partial charge in [0, 0.05) is 21.5 Å². The van der Waals surface area contributed by atoms with Gasteiger partial charge in [-0.05, 0) is 53.2 Å². The molecule has 0 fully saturated rings. The van der Waals surface area contributed by atoms with E-state index in [4.69, 9.17) is 21.4 Å². The van der Waals surface area contributed by atoms with Crippen molar-refractivity contribution < 1.29 is 14.6 Å². The van der Waals surface area contributed by atoms with Crippen molar-refractivity contribution in [3.05, 3.63) is 66.0 Å². The Bertz CT molecular complexity index is 1230. The van der Waals surface area contributed by atoms with E-state index in [2.05, 4.69) is 41.9 Å². The van der Waals surface area contributed by atoms with Crippen LogP contribution in [0.1, 0.15) is 25.2 Å². The number of aliphatic carboxylic acids is 1. The number of carboxylic acids is 1. The predicted octanol–water partition coefficient (Wildman–Crippen LogP) is 4.87. The second-order valence-electron chi connectivity index (χ2n) is 6.31. The number of benzene rings is 2. The van der Waals surface area contributed by atoms with E-state index in [1.807, 2.05) is 13.0 Å². The number of halogens is 3. The van der Waals surface area contributed by atoms with Crippen molar-refractivity contribution in [1.82, 2.24) is 9.66 Å². The molecule has 0 unspecified atom stereocenters. The molecule has 7 nitrogen and oxygen atoms in total. The Morgan fingerprint density at radius 3 is 2.77 bits per heavy atom. The van der Waals surface area contributed by atoms with E-state index in [0.29, 0.717) is 38.2 Å². The van der Waals surface area contributed by atoms with E-state index in [1.165, 1.54) is 17.8 Å². The zero-order chi connectivity index (χ0) is 22.0. The molecule has 10 heteroatoms. The summed E-state index contributed by atoms with van der Waals surface area (Å²) < 4.78 is 7.99. The molecule has 0 aliphatic carbocycles. The number of fused-ring (bicyclic) bond motifs is 1. The zero-order valence-corrected chi connectivity index (χ0v) is 19.8. The normalized spacial score (nSPS) is 12.4. The summed E-state index contributed by atoms with van der Waals surface area (Å²) in [5, 5.41) is 14.3.